The van der Waals surface area contributed by atoms with E-state index in [1.54, 1.807) is 40.1 Å². The molecule has 9 heteroatoms. The molecule has 0 aliphatic heterocycles. The van der Waals surface area contributed by atoms with E-state index in [2.05, 4.69) is 15.5 Å². The van der Waals surface area contributed by atoms with Crippen molar-refractivity contribution in [2.75, 3.05) is 5.32 Å². The Morgan fingerprint density at radius 2 is 1.94 bits per heavy atom. The topological polar surface area (TPSA) is 77.6 Å². The molecular formula is C25H20ClFN6O. The van der Waals surface area contributed by atoms with Crippen LogP contribution < -0.4 is 5.32 Å². The van der Waals surface area contributed by atoms with Gasteiger partial charge in [-0.2, -0.15) is 10.2 Å². The zero-order valence-corrected chi connectivity index (χ0v) is 19.2. The SMILES string of the molecule is Cc1c(-c2cc(C(=O)Nc3cnn(Cc4ccc(F)cc4Cl)c3)c3ccccc3n2)cnn1C. The molecule has 0 aliphatic carbocycles. The largest absolute Gasteiger partial charge is 0.319 e. The first-order valence-electron chi connectivity index (χ1n) is 10.6. The van der Waals surface area contributed by atoms with Gasteiger partial charge in [0.25, 0.3) is 5.91 Å². The normalized spacial score (nSPS) is 11.2. The van der Waals surface area contributed by atoms with Gasteiger partial charge in [-0.05, 0) is 36.8 Å². The van der Waals surface area contributed by atoms with Crippen LogP contribution in [-0.4, -0.2) is 30.5 Å². The average molecular weight is 475 g/mol. The number of amides is 1. The highest BCUT2D eigenvalue weighted by Gasteiger charge is 2.17. The quantitative estimate of drug-likeness (QED) is 0.378. The van der Waals surface area contributed by atoms with Crippen molar-refractivity contribution in [2.45, 2.75) is 13.5 Å². The maximum atomic E-state index is 13.3. The number of para-hydroxylation sites is 1. The molecule has 0 unspecified atom stereocenters. The van der Waals surface area contributed by atoms with E-state index >= 15 is 0 Å². The molecular weight excluding hydrogens is 455 g/mol. The molecule has 5 aromatic rings. The molecule has 0 radical (unpaired) electrons. The number of carbonyl (C=O) groups is 1. The van der Waals surface area contributed by atoms with Crippen LogP contribution in [0.4, 0.5) is 10.1 Å². The highest BCUT2D eigenvalue weighted by Crippen LogP contribution is 2.27. The number of nitrogens with one attached hydrogen (secondary N) is 1. The van der Waals surface area contributed by atoms with Crippen molar-refractivity contribution >= 4 is 34.1 Å². The summed E-state index contributed by atoms with van der Waals surface area (Å²) in [7, 11) is 1.87. The maximum absolute atomic E-state index is 13.3. The number of carbonyl (C=O) groups excluding carboxylic acids is 1. The molecule has 0 bridgehead atoms. The van der Waals surface area contributed by atoms with Crippen LogP contribution in [0.2, 0.25) is 5.02 Å². The van der Waals surface area contributed by atoms with Crippen molar-refractivity contribution in [1.82, 2.24) is 24.5 Å². The van der Waals surface area contributed by atoms with Crippen LogP contribution in [0.25, 0.3) is 22.2 Å². The lowest BCUT2D eigenvalue weighted by atomic mass is 10.0. The summed E-state index contributed by atoms with van der Waals surface area (Å²) in [6, 6.07) is 13.5. The Morgan fingerprint density at radius 3 is 2.71 bits per heavy atom. The average Bonchev–Trinajstić information content (AvgIpc) is 3.40. The standard InChI is InChI=1S/C25H20ClFN6O/c1-15-21(12-28-32(15)2)24-10-20(19-5-3-4-6-23(19)31-24)25(34)30-18-11-29-33(14-18)13-16-7-8-17(27)9-22(16)26/h3-12,14H,13H2,1-2H3,(H,30,34). The molecule has 3 aromatic heterocycles. The third-order valence-electron chi connectivity index (χ3n) is 5.71. The van der Waals surface area contributed by atoms with E-state index in [0.717, 1.165) is 27.7 Å². The smallest absolute Gasteiger partial charge is 0.256 e. The summed E-state index contributed by atoms with van der Waals surface area (Å²) in [4.78, 5) is 18.0. The van der Waals surface area contributed by atoms with Crippen molar-refractivity contribution in [3.8, 4) is 11.3 Å². The number of aromatic nitrogens is 5. The maximum Gasteiger partial charge on any atom is 0.256 e. The number of anilines is 1. The summed E-state index contributed by atoms with van der Waals surface area (Å²) in [5.41, 5.74) is 4.97. The van der Waals surface area contributed by atoms with Gasteiger partial charge in [-0.25, -0.2) is 9.37 Å². The number of pyridine rings is 1. The molecule has 1 N–H and O–H groups in total. The Kier molecular flexibility index (Phi) is 5.59. The van der Waals surface area contributed by atoms with Crippen molar-refractivity contribution in [3.63, 3.8) is 0 Å². The predicted molar refractivity (Wildman–Crippen MR) is 129 cm³/mol. The monoisotopic (exact) mass is 474 g/mol. The van der Waals surface area contributed by atoms with E-state index in [4.69, 9.17) is 16.6 Å². The summed E-state index contributed by atoms with van der Waals surface area (Å²) in [6.45, 7) is 2.30. The van der Waals surface area contributed by atoms with Crippen molar-refractivity contribution in [3.05, 3.63) is 94.8 Å². The number of fused-ring (bicyclic) bond motifs is 1. The summed E-state index contributed by atoms with van der Waals surface area (Å²) in [6.07, 6.45) is 5.01. The lowest BCUT2D eigenvalue weighted by Gasteiger charge is -2.10. The van der Waals surface area contributed by atoms with Crippen LogP contribution >= 0.6 is 11.6 Å². The van der Waals surface area contributed by atoms with Crippen LogP contribution in [0.5, 0.6) is 0 Å². The van der Waals surface area contributed by atoms with Gasteiger partial charge in [0.15, 0.2) is 0 Å². The van der Waals surface area contributed by atoms with Gasteiger partial charge in [0.05, 0.1) is 41.4 Å². The highest BCUT2D eigenvalue weighted by molar-refractivity contribution is 6.31. The molecule has 0 saturated carbocycles. The minimum Gasteiger partial charge on any atom is -0.319 e. The molecule has 0 saturated heterocycles. The molecule has 34 heavy (non-hydrogen) atoms. The molecule has 0 spiro atoms. The Balaban J connectivity index is 1.44. The van der Waals surface area contributed by atoms with Crippen LogP contribution in [0.1, 0.15) is 21.6 Å². The Morgan fingerprint density at radius 1 is 1.12 bits per heavy atom. The van der Waals surface area contributed by atoms with E-state index in [9.17, 15) is 9.18 Å². The van der Waals surface area contributed by atoms with Crippen molar-refractivity contribution < 1.29 is 9.18 Å². The third-order valence-corrected chi connectivity index (χ3v) is 6.06. The Labute approximate surface area is 199 Å². The first-order valence-corrected chi connectivity index (χ1v) is 10.9. The molecule has 170 valence electrons. The number of aryl methyl sites for hydroxylation is 1. The fraction of sp³-hybridized carbons (Fsp3) is 0.120. The first-order chi connectivity index (χ1) is 16.4. The number of benzene rings is 2. The fourth-order valence-corrected chi connectivity index (χ4v) is 4.02. The Bertz CT molecular complexity index is 1540. The number of hydrogen-bond acceptors (Lipinski definition) is 4. The van der Waals surface area contributed by atoms with Gasteiger partial charge in [0.2, 0.25) is 0 Å². The molecule has 0 fully saturated rings. The van der Waals surface area contributed by atoms with Crippen molar-refractivity contribution in [2.24, 2.45) is 7.05 Å². The van der Waals surface area contributed by atoms with Crippen LogP contribution in [0.3, 0.4) is 0 Å². The van der Waals surface area contributed by atoms with Crippen LogP contribution in [-0.2, 0) is 13.6 Å². The van der Waals surface area contributed by atoms with Gasteiger partial charge >= 0.3 is 0 Å². The van der Waals surface area contributed by atoms with E-state index < -0.39 is 5.82 Å². The molecule has 3 heterocycles. The van der Waals surface area contributed by atoms with Gasteiger partial charge < -0.3 is 5.32 Å². The molecule has 0 atom stereocenters. The van der Waals surface area contributed by atoms with Crippen LogP contribution in [0.15, 0.2) is 67.1 Å². The van der Waals surface area contributed by atoms with Gasteiger partial charge in [-0.3, -0.25) is 14.2 Å². The summed E-state index contributed by atoms with van der Waals surface area (Å²) in [5.74, 6) is -0.673. The van der Waals surface area contributed by atoms with Gasteiger partial charge in [0, 0.05) is 34.9 Å². The van der Waals surface area contributed by atoms with Crippen molar-refractivity contribution in [1.29, 1.82) is 0 Å². The molecule has 1 amide bonds. The van der Waals surface area contributed by atoms with Gasteiger partial charge in [-0.15, -0.1) is 0 Å². The van der Waals surface area contributed by atoms with E-state index in [0.29, 0.717) is 28.5 Å². The lowest BCUT2D eigenvalue weighted by Crippen LogP contribution is -2.13. The minimum atomic E-state index is -0.396. The van der Waals surface area contributed by atoms with Crippen LogP contribution in [0, 0.1) is 12.7 Å². The minimum absolute atomic E-state index is 0.277. The summed E-state index contributed by atoms with van der Waals surface area (Å²) < 4.78 is 16.7. The summed E-state index contributed by atoms with van der Waals surface area (Å²) >= 11 is 6.12. The van der Waals surface area contributed by atoms with E-state index in [1.807, 2.05) is 38.2 Å². The number of hydrogen-bond donors (Lipinski definition) is 1. The zero-order valence-electron chi connectivity index (χ0n) is 18.5. The van der Waals surface area contributed by atoms with Gasteiger partial charge in [0.1, 0.15) is 5.82 Å². The first kappa shape index (κ1) is 21.8. The van der Waals surface area contributed by atoms with Gasteiger partial charge in [-0.1, -0.05) is 35.9 Å². The zero-order chi connectivity index (χ0) is 23.8. The second-order valence-electron chi connectivity index (χ2n) is 7.96. The second kappa shape index (κ2) is 8.72. The molecule has 0 aliphatic rings. The Hall–Kier alpha value is -4.04. The van der Waals surface area contributed by atoms with E-state index in [-0.39, 0.29) is 5.91 Å². The second-order valence-corrected chi connectivity index (χ2v) is 8.36. The number of nitrogens with zero attached hydrogens (tertiary/aromatic N) is 5. The highest BCUT2D eigenvalue weighted by atomic mass is 35.5. The number of halogens is 2. The summed E-state index contributed by atoms with van der Waals surface area (Å²) in [5, 5.41) is 12.6. The molecule has 7 nitrogen and oxygen atoms in total. The predicted octanol–water partition coefficient (Wildman–Crippen LogP) is 5.23. The van der Waals surface area contributed by atoms with E-state index in [1.165, 1.54) is 12.1 Å². The molecule has 5 rings (SSSR count). The lowest BCUT2D eigenvalue weighted by molar-refractivity contribution is 0.102. The molecule has 2 aromatic carbocycles. The fourth-order valence-electron chi connectivity index (χ4n) is 3.79. The third kappa shape index (κ3) is 4.15. The number of rotatable bonds is 5.